The molecule has 0 saturated carbocycles. The van der Waals surface area contributed by atoms with Crippen molar-refractivity contribution in [3.05, 3.63) is 27.8 Å². The number of benzene rings is 1. The van der Waals surface area contributed by atoms with Crippen LogP contribution in [-0.4, -0.2) is 24.5 Å². The third-order valence-electron chi connectivity index (χ3n) is 2.31. The highest BCUT2D eigenvalue weighted by Crippen LogP contribution is 2.17. The summed E-state index contributed by atoms with van der Waals surface area (Å²) in [5.41, 5.74) is 0.872. The molecule has 4 heteroatoms. The summed E-state index contributed by atoms with van der Waals surface area (Å²) < 4.78 is 1.05. The first-order valence-corrected chi connectivity index (χ1v) is 6.49. The van der Waals surface area contributed by atoms with E-state index in [4.69, 9.17) is 0 Å². The van der Waals surface area contributed by atoms with Gasteiger partial charge >= 0.3 is 6.03 Å². The molecule has 0 fully saturated rings. The first kappa shape index (κ1) is 13.3. The second-order valence-corrected chi connectivity index (χ2v) is 4.85. The second-order valence-electron chi connectivity index (χ2n) is 3.69. The van der Waals surface area contributed by atoms with E-state index in [-0.39, 0.29) is 6.03 Å². The number of hydrogen-bond donors (Lipinski definition) is 1. The van der Waals surface area contributed by atoms with Gasteiger partial charge in [0.2, 0.25) is 0 Å². The summed E-state index contributed by atoms with van der Waals surface area (Å²) in [5, 5.41) is 2.90. The van der Waals surface area contributed by atoms with E-state index in [1.807, 2.05) is 31.3 Å². The summed E-state index contributed by atoms with van der Waals surface area (Å²) in [4.78, 5) is 13.5. The van der Waals surface area contributed by atoms with Gasteiger partial charge in [-0.05, 0) is 41.1 Å². The Balaban J connectivity index is 2.54. The Morgan fingerprint density at radius 1 is 1.44 bits per heavy atom. The first-order valence-electron chi connectivity index (χ1n) is 5.41. The van der Waals surface area contributed by atoms with Crippen molar-refractivity contribution >= 4 is 34.3 Å². The van der Waals surface area contributed by atoms with Crippen LogP contribution in [0.15, 0.2) is 24.3 Å². The zero-order valence-electron chi connectivity index (χ0n) is 9.66. The Morgan fingerprint density at radius 3 is 2.75 bits per heavy atom. The highest BCUT2D eigenvalue weighted by molar-refractivity contribution is 14.1. The van der Waals surface area contributed by atoms with Gasteiger partial charge in [0.05, 0.1) is 5.69 Å². The number of anilines is 1. The average molecular weight is 332 g/mol. The lowest BCUT2D eigenvalue weighted by molar-refractivity contribution is 0.222. The van der Waals surface area contributed by atoms with Gasteiger partial charge in [-0.1, -0.05) is 25.5 Å². The van der Waals surface area contributed by atoms with E-state index in [2.05, 4.69) is 34.8 Å². The summed E-state index contributed by atoms with van der Waals surface area (Å²) in [6.45, 7) is 2.91. The molecule has 0 aliphatic carbocycles. The maximum atomic E-state index is 11.8. The minimum Gasteiger partial charge on any atom is -0.328 e. The molecule has 0 radical (unpaired) electrons. The number of amides is 2. The van der Waals surface area contributed by atoms with Gasteiger partial charge in [0.25, 0.3) is 0 Å². The molecule has 0 aliphatic heterocycles. The number of para-hydroxylation sites is 1. The highest BCUT2D eigenvalue weighted by Gasteiger charge is 2.08. The number of carbonyl (C=O) groups is 1. The van der Waals surface area contributed by atoms with Crippen LogP contribution in [0, 0.1) is 3.57 Å². The fourth-order valence-electron chi connectivity index (χ4n) is 1.27. The normalized spacial score (nSPS) is 9.94. The van der Waals surface area contributed by atoms with E-state index in [1.54, 1.807) is 4.90 Å². The van der Waals surface area contributed by atoms with E-state index in [1.165, 1.54) is 0 Å². The van der Waals surface area contributed by atoms with E-state index < -0.39 is 0 Å². The van der Waals surface area contributed by atoms with Gasteiger partial charge < -0.3 is 10.2 Å². The maximum absolute atomic E-state index is 11.8. The number of urea groups is 1. The van der Waals surface area contributed by atoms with Crippen LogP contribution in [0.1, 0.15) is 19.8 Å². The fourth-order valence-corrected chi connectivity index (χ4v) is 1.79. The molecule has 1 N–H and O–H groups in total. The third kappa shape index (κ3) is 4.00. The van der Waals surface area contributed by atoms with Crippen molar-refractivity contribution < 1.29 is 4.79 Å². The Hall–Kier alpha value is -0.780. The zero-order chi connectivity index (χ0) is 12.0. The van der Waals surface area contributed by atoms with Crippen LogP contribution in [0.25, 0.3) is 0 Å². The summed E-state index contributed by atoms with van der Waals surface area (Å²) in [5.74, 6) is 0. The molecule has 0 aliphatic rings. The smallest absolute Gasteiger partial charge is 0.321 e. The van der Waals surface area contributed by atoms with E-state index in [0.29, 0.717) is 0 Å². The monoisotopic (exact) mass is 332 g/mol. The van der Waals surface area contributed by atoms with Crippen LogP contribution < -0.4 is 5.32 Å². The number of nitrogens with zero attached hydrogens (tertiary/aromatic N) is 1. The molecule has 0 spiro atoms. The van der Waals surface area contributed by atoms with Crippen molar-refractivity contribution in [2.45, 2.75) is 19.8 Å². The molecule has 1 aromatic rings. The molecule has 0 heterocycles. The molecule has 2 amide bonds. The van der Waals surface area contributed by atoms with Gasteiger partial charge in [0, 0.05) is 17.2 Å². The summed E-state index contributed by atoms with van der Waals surface area (Å²) in [7, 11) is 1.82. The predicted molar refractivity (Wildman–Crippen MR) is 75.7 cm³/mol. The Labute approximate surface area is 110 Å². The lowest BCUT2D eigenvalue weighted by Gasteiger charge is -2.18. The van der Waals surface area contributed by atoms with E-state index >= 15 is 0 Å². The second kappa shape index (κ2) is 6.73. The highest BCUT2D eigenvalue weighted by atomic mass is 127. The topological polar surface area (TPSA) is 32.3 Å². The van der Waals surface area contributed by atoms with Crippen molar-refractivity contribution in [3.8, 4) is 0 Å². The predicted octanol–water partition coefficient (Wildman–Crippen LogP) is 3.56. The van der Waals surface area contributed by atoms with Crippen molar-refractivity contribution in [3.63, 3.8) is 0 Å². The SMILES string of the molecule is CCCCN(C)C(=O)Nc1ccccc1I. The van der Waals surface area contributed by atoms with E-state index in [0.717, 1.165) is 28.6 Å². The van der Waals surface area contributed by atoms with E-state index in [9.17, 15) is 4.79 Å². The summed E-state index contributed by atoms with van der Waals surface area (Å²) in [6.07, 6.45) is 2.14. The van der Waals surface area contributed by atoms with Gasteiger partial charge in [0.1, 0.15) is 0 Å². The maximum Gasteiger partial charge on any atom is 0.321 e. The minimum absolute atomic E-state index is 0.0439. The molecule has 1 aromatic carbocycles. The van der Waals surface area contributed by atoms with Crippen molar-refractivity contribution in [1.82, 2.24) is 4.90 Å². The lowest BCUT2D eigenvalue weighted by atomic mass is 10.3. The standard InChI is InChI=1S/C12H17IN2O/c1-3-4-9-15(2)12(16)14-11-8-6-5-7-10(11)13/h5-8H,3-4,9H2,1-2H3,(H,14,16). The molecule has 0 atom stereocenters. The van der Waals surface area contributed by atoms with Crippen LogP contribution >= 0.6 is 22.6 Å². The number of halogens is 1. The van der Waals surface area contributed by atoms with Gasteiger partial charge in [-0.2, -0.15) is 0 Å². The molecule has 3 nitrogen and oxygen atoms in total. The van der Waals surface area contributed by atoms with Gasteiger partial charge in [-0.3, -0.25) is 0 Å². The quantitative estimate of drug-likeness (QED) is 0.840. The molecule has 0 unspecified atom stereocenters. The zero-order valence-corrected chi connectivity index (χ0v) is 11.8. The van der Waals surface area contributed by atoms with Crippen LogP contribution in [0.5, 0.6) is 0 Å². The fraction of sp³-hybridized carbons (Fsp3) is 0.417. The van der Waals surface area contributed by atoms with Crippen molar-refractivity contribution in [2.24, 2.45) is 0 Å². The molecule has 16 heavy (non-hydrogen) atoms. The summed E-state index contributed by atoms with van der Waals surface area (Å²) in [6, 6.07) is 7.72. The Kier molecular flexibility index (Phi) is 5.59. The lowest BCUT2D eigenvalue weighted by Crippen LogP contribution is -2.32. The largest absolute Gasteiger partial charge is 0.328 e. The molecular weight excluding hydrogens is 315 g/mol. The van der Waals surface area contributed by atoms with Gasteiger partial charge in [0.15, 0.2) is 0 Å². The number of nitrogens with one attached hydrogen (secondary N) is 1. The molecule has 0 bridgehead atoms. The van der Waals surface area contributed by atoms with Crippen molar-refractivity contribution in [2.75, 3.05) is 18.9 Å². The Morgan fingerprint density at radius 2 is 2.12 bits per heavy atom. The number of carbonyl (C=O) groups excluding carboxylic acids is 1. The van der Waals surface area contributed by atoms with Crippen LogP contribution in [0.2, 0.25) is 0 Å². The molecule has 0 saturated heterocycles. The van der Waals surface area contributed by atoms with Gasteiger partial charge in [-0.25, -0.2) is 4.79 Å². The molecule has 0 aromatic heterocycles. The molecule has 88 valence electrons. The number of rotatable bonds is 4. The average Bonchev–Trinajstić information content (AvgIpc) is 2.28. The van der Waals surface area contributed by atoms with Crippen LogP contribution in [0.3, 0.4) is 0 Å². The third-order valence-corrected chi connectivity index (χ3v) is 3.25. The number of hydrogen-bond acceptors (Lipinski definition) is 1. The van der Waals surface area contributed by atoms with Gasteiger partial charge in [-0.15, -0.1) is 0 Å². The van der Waals surface area contributed by atoms with Crippen LogP contribution in [-0.2, 0) is 0 Å². The minimum atomic E-state index is -0.0439. The van der Waals surface area contributed by atoms with Crippen LogP contribution in [0.4, 0.5) is 10.5 Å². The Bertz CT molecular complexity index is 355. The number of unbranched alkanes of at least 4 members (excludes halogenated alkanes) is 1. The van der Waals surface area contributed by atoms with Crippen molar-refractivity contribution in [1.29, 1.82) is 0 Å². The molecular formula is C12H17IN2O. The summed E-state index contributed by atoms with van der Waals surface area (Å²) >= 11 is 2.21. The molecule has 1 rings (SSSR count). The first-order chi connectivity index (χ1) is 7.65.